The van der Waals surface area contributed by atoms with Crippen LogP contribution in [-0.4, -0.2) is 36.2 Å². The average Bonchev–Trinajstić information content (AvgIpc) is 3.43. The number of aryl methyl sites for hydroxylation is 1. The Kier molecular flexibility index (Phi) is 6.23. The Balaban J connectivity index is 1.41. The lowest BCUT2D eigenvalue weighted by Gasteiger charge is -2.45. The van der Waals surface area contributed by atoms with E-state index in [1.54, 1.807) is 56.3 Å². The van der Waals surface area contributed by atoms with Gasteiger partial charge in [0, 0.05) is 39.8 Å². The highest BCUT2D eigenvalue weighted by Crippen LogP contribution is 2.61. The minimum Gasteiger partial charge on any atom is -0.508 e. The third-order valence-electron chi connectivity index (χ3n) is 9.11. The van der Waals surface area contributed by atoms with E-state index in [2.05, 4.69) is 0 Å². The molecule has 48 heavy (non-hydrogen) atoms. The molecule has 0 saturated carbocycles. The van der Waals surface area contributed by atoms with Gasteiger partial charge in [-0.25, -0.2) is 0 Å². The minimum atomic E-state index is -1.85. The second-order valence-corrected chi connectivity index (χ2v) is 13.2. The van der Waals surface area contributed by atoms with Crippen molar-refractivity contribution in [2.45, 2.75) is 45.0 Å². The van der Waals surface area contributed by atoms with Gasteiger partial charge in [-0.2, -0.15) is 0 Å². The van der Waals surface area contributed by atoms with E-state index in [4.69, 9.17) is 13.9 Å². The largest absolute Gasteiger partial charge is 0.508 e. The maximum atomic E-state index is 11.9. The molecule has 0 fully saturated rings. The van der Waals surface area contributed by atoms with Gasteiger partial charge >= 0.3 is 5.79 Å². The summed E-state index contributed by atoms with van der Waals surface area (Å²) < 4.78 is 19.7. The Morgan fingerprint density at radius 2 is 1.44 bits per heavy atom. The van der Waals surface area contributed by atoms with Crippen molar-refractivity contribution in [3.8, 4) is 73.8 Å². The Hall–Kier alpha value is -5.80. The zero-order chi connectivity index (χ0) is 33.7. The smallest absolute Gasteiger partial charge is 0.310 e. The second-order valence-electron chi connectivity index (χ2n) is 13.2. The van der Waals surface area contributed by atoms with Crippen molar-refractivity contribution in [1.82, 2.24) is 0 Å². The maximum Gasteiger partial charge on any atom is 0.310 e. The van der Waals surface area contributed by atoms with Gasteiger partial charge in [0.2, 0.25) is 0 Å². The van der Waals surface area contributed by atoms with Crippen LogP contribution in [0.25, 0.3) is 44.5 Å². The number of furan rings is 1. The van der Waals surface area contributed by atoms with Crippen molar-refractivity contribution in [3.05, 3.63) is 101 Å². The lowest BCUT2D eigenvalue weighted by molar-refractivity contribution is -0.0893. The highest BCUT2D eigenvalue weighted by molar-refractivity contribution is 5.93. The van der Waals surface area contributed by atoms with Crippen LogP contribution in [0.3, 0.4) is 0 Å². The SMILES string of the molecule is Cc1cc2c3c(c1)-c1c(O)cc(-c4cc5ccc(O)cc5o4)cc1OC3(c1ccc(O)c(CCC(C)(C)O)c1O)Oc1cc(O)ccc1-2. The summed E-state index contributed by atoms with van der Waals surface area (Å²) in [5, 5.41) is 66.1. The molecule has 1 atom stereocenters. The first-order valence-electron chi connectivity index (χ1n) is 15.5. The first-order valence-corrected chi connectivity index (χ1v) is 15.5. The molecule has 1 unspecified atom stereocenters. The number of benzene rings is 5. The molecule has 0 amide bonds. The lowest BCUT2D eigenvalue weighted by Crippen LogP contribution is -2.45. The fourth-order valence-corrected chi connectivity index (χ4v) is 6.87. The molecule has 9 heteroatoms. The molecule has 6 N–H and O–H groups in total. The van der Waals surface area contributed by atoms with Crippen LogP contribution in [0.5, 0.6) is 40.2 Å². The predicted octanol–water partition coefficient (Wildman–Crippen LogP) is 7.96. The summed E-state index contributed by atoms with van der Waals surface area (Å²) >= 11 is 0. The Labute approximate surface area is 275 Å². The monoisotopic (exact) mass is 644 g/mol. The summed E-state index contributed by atoms with van der Waals surface area (Å²) in [6.07, 6.45) is 0.401. The van der Waals surface area contributed by atoms with Gasteiger partial charge in [-0.05, 0) is 99.3 Å². The fraction of sp³-hybridized carbons (Fsp3) is 0.179. The van der Waals surface area contributed by atoms with Gasteiger partial charge in [-0.15, -0.1) is 0 Å². The molecule has 0 bridgehead atoms. The number of phenols is 5. The molecular formula is C39H32O9. The molecule has 3 heterocycles. The van der Waals surface area contributed by atoms with Crippen LogP contribution in [0, 0.1) is 6.92 Å². The third-order valence-corrected chi connectivity index (χ3v) is 9.11. The highest BCUT2D eigenvalue weighted by Gasteiger charge is 2.53. The van der Waals surface area contributed by atoms with Gasteiger partial charge in [0.25, 0.3) is 0 Å². The number of fused-ring (bicyclic) bond motifs is 5. The quantitative estimate of drug-likeness (QED) is 0.110. The normalized spacial score (nSPS) is 16.1. The zero-order valence-corrected chi connectivity index (χ0v) is 26.3. The number of aromatic hydroxyl groups is 5. The molecule has 0 saturated heterocycles. The molecule has 0 radical (unpaired) electrons. The van der Waals surface area contributed by atoms with E-state index in [9.17, 15) is 30.6 Å². The van der Waals surface area contributed by atoms with Gasteiger partial charge < -0.3 is 44.5 Å². The summed E-state index contributed by atoms with van der Waals surface area (Å²) in [5.41, 5.74) is 4.09. The van der Waals surface area contributed by atoms with Crippen molar-refractivity contribution >= 4 is 11.0 Å². The van der Waals surface area contributed by atoms with Crippen LogP contribution in [0.2, 0.25) is 0 Å². The molecule has 2 aliphatic heterocycles. The van der Waals surface area contributed by atoms with Gasteiger partial charge in [0.05, 0.1) is 22.3 Å². The van der Waals surface area contributed by atoms with Crippen LogP contribution < -0.4 is 9.47 Å². The van der Waals surface area contributed by atoms with Crippen LogP contribution in [0.4, 0.5) is 0 Å². The van der Waals surface area contributed by atoms with Crippen molar-refractivity contribution < 1.29 is 44.5 Å². The number of aliphatic hydroxyl groups is 1. The van der Waals surface area contributed by atoms with E-state index in [1.807, 2.05) is 19.1 Å². The van der Waals surface area contributed by atoms with E-state index in [-0.39, 0.29) is 58.5 Å². The van der Waals surface area contributed by atoms with Gasteiger partial charge in [0.15, 0.2) is 0 Å². The molecular weight excluding hydrogens is 612 g/mol. The molecule has 6 aromatic rings. The Bertz CT molecular complexity index is 2310. The first-order chi connectivity index (χ1) is 22.8. The molecule has 1 aromatic heterocycles. The van der Waals surface area contributed by atoms with Gasteiger partial charge in [-0.1, -0.05) is 12.1 Å². The Morgan fingerprint density at radius 1 is 0.708 bits per heavy atom. The summed E-state index contributed by atoms with van der Waals surface area (Å²) in [7, 11) is 0. The van der Waals surface area contributed by atoms with E-state index in [1.165, 1.54) is 24.3 Å². The molecule has 8 rings (SSSR count). The van der Waals surface area contributed by atoms with E-state index < -0.39 is 11.4 Å². The van der Waals surface area contributed by atoms with Crippen LogP contribution >= 0.6 is 0 Å². The highest BCUT2D eigenvalue weighted by atomic mass is 16.7. The summed E-state index contributed by atoms with van der Waals surface area (Å²) in [6.45, 7) is 5.24. The average molecular weight is 645 g/mol. The molecule has 0 aliphatic carbocycles. The molecule has 2 aliphatic rings. The summed E-state index contributed by atoms with van der Waals surface area (Å²) in [5.74, 6) is -1.39. The molecule has 242 valence electrons. The third kappa shape index (κ3) is 4.50. The number of phenolic OH excluding ortho intramolecular Hbond substituents is 5. The fourth-order valence-electron chi connectivity index (χ4n) is 6.87. The van der Waals surface area contributed by atoms with Gasteiger partial charge in [-0.3, -0.25) is 0 Å². The number of hydrogen-bond acceptors (Lipinski definition) is 9. The second kappa shape index (κ2) is 10.1. The number of rotatable bonds is 5. The Morgan fingerprint density at radius 3 is 2.23 bits per heavy atom. The van der Waals surface area contributed by atoms with E-state index in [0.29, 0.717) is 50.5 Å². The topological polar surface area (TPSA) is 153 Å². The van der Waals surface area contributed by atoms with Crippen LogP contribution in [0.1, 0.15) is 42.5 Å². The van der Waals surface area contributed by atoms with E-state index in [0.717, 1.165) is 10.9 Å². The van der Waals surface area contributed by atoms with E-state index >= 15 is 0 Å². The predicted molar refractivity (Wildman–Crippen MR) is 179 cm³/mol. The zero-order valence-electron chi connectivity index (χ0n) is 26.3. The van der Waals surface area contributed by atoms with Crippen molar-refractivity contribution in [2.75, 3.05) is 0 Å². The number of hydrogen-bond donors (Lipinski definition) is 6. The summed E-state index contributed by atoms with van der Waals surface area (Å²) in [6, 6.07) is 21.5. The van der Waals surface area contributed by atoms with Crippen molar-refractivity contribution in [3.63, 3.8) is 0 Å². The molecule has 0 spiro atoms. The number of ether oxygens (including phenoxy) is 2. The molecule has 5 aromatic carbocycles. The first kappa shape index (κ1) is 29.6. The van der Waals surface area contributed by atoms with Crippen molar-refractivity contribution in [2.24, 2.45) is 0 Å². The summed E-state index contributed by atoms with van der Waals surface area (Å²) in [4.78, 5) is 0. The lowest BCUT2D eigenvalue weighted by atomic mass is 9.78. The minimum absolute atomic E-state index is 0.0342. The standard InChI is InChI=1S/C39H32O9/c1-19-12-26-24-7-6-23(41)18-33(24)47-39(28-8-9-29(42)25(37(28)44)10-11-38(2,3)45)36(26)27(13-19)35-30(43)14-21(16-34(35)48-39)31-15-20-4-5-22(40)17-32(20)46-31/h4-9,12-18,40-45H,10-11H2,1-3H3. The van der Waals surface area contributed by atoms with Crippen LogP contribution in [0.15, 0.2) is 83.3 Å². The van der Waals surface area contributed by atoms with Crippen LogP contribution in [-0.2, 0) is 12.2 Å². The molecule has 9 nitrogen and oxygen atoms in total. The van der Waals surface area contributed by atoms with Crippen molar-refractivity contribution in [1.29, 1.82) is 0 Å². The maximum absolute atomic E-state index is 11.9. The van der Waals surface area contributed by atoms with Gasteiger partial charge in [0.1, 0.15) is 51.6 Å².